The van der Waals surface area contributed by atoms with E-state index in [9.17, 15) is 0 Å². The van der Waals surface area contributed by atoms with Crippen LogP contribution in [0.2, 0.25) is 0 Å². The van der Waals surface area contributed by atoms with Crippen LogP contribution in [0.5, 0.6) is 0 Å². The van der Waals surface area contributed by atoms with Gasteiger partial charge in [-0.2, -0.15) is 0 Å². The van der Waals surface area contributed by atoms with Gasteiger partial charge in [-0.1, -0.05) is 18.2 Å². The van der Waals surface area contributed by atoms with Crippen LogP contribution < -0.4 is 5.73 Å². The van der Waals surface area contributed by atoms with E-state index < -0.39 is 0 Å². The zero-order chi connectivity index (χ0) is 10.3. The highest BCUT2D eigenvalue weighted by molar-refractivity contribution is 5.87. The van der Waals surface area contributed by atoms with Gasteiger partial charge in [0.2, 0.25) is 0 Å². The predicted molar refractivity (Wildman–Crippen MR) is 62.5 cm³/mol. The Morgan fingerprint density at radius 3 is 3.07 bits per heavy atom. The fourth-order valence-corrected chi connectivity index (χ4v) is 1.94. The van der Waals surface area contributed by atoms with Crippen LogP contribution in [0.3, 0.4) is 0 Å². The van der Waals surface area contributed by atoms with Gasteiger partial charge in [0.15, 0.2) is 0 Å². The van der Waals surface area contributed by atoms with Gasteiger partial charge in [0.25, 0.3) is 0 Å². The molecular formula is C13H11NO. The summed E-state index contributed by atoms with van der Waals surface area (Å²) in [5.74, 6) is 0.945. The van der Waals surface area contributed by atoms with E-state index in [0.717, 1.165) is 28.8 Å². The van der Waals surface area contributed by atoms with Gasteiger partial charge >= 0.3 is 0 Å². The minimum Gasteiger partial charge on any atom is -0.456 e. The van der Waals surface area contributed by atoms with Crippen molar-refractivity contribution in [2.24, 2.45) is 0 Å². The topological polar surface area (TPSA) is 39.2 Å². The van der Waals surface area contributed by atoms with E-state index in [4.69, 9.17) is 10.2 Å². The number of hydrogen-bond donors (Lipinski definition) is 1. The zero-order valence-corrected chi connectivity index (χ0v) is 8.23. The molecule has 0 saturated heterocycles. The molecule has 0 radical (unpaired) electrons. The molecular weight excluding hydrogens is 186 g/mol. The van der Waals surface area contributed by atoms with E-state index >= 15 is 0 Å². The number of fused-ring (bicyclic) bond motifs is 3. The van der Waals surface area contributed by atoms with E-state index in [-0.39, 0.29) is 0 Å². The second-order valence-electron chi connectivity index (χ2n) is 3.69. The molecule has 1 aromatic heterocycles. The zero-order valence-electron chi connectivity index (χ0n) is 8.23. The Bertz CT molecular complexity index is 575. The summed E-state index contributed by atoms with van der Waals surface area (Å²) in [5.41, 5.74) is 8.69. The molecule has 0 fully saturated rings. The first kappa shape index (κ1) is 8.36. The van der Waals surface area contributed by atoms with Gasteiger partial charge in [-0.15, -0.1) is 0 Å². The maximum atomic E-state index is 5.78. The normalized spacial score (nSPS) is 14.1. The van der Waals surface area contributed by atoms with E-state index in [1.54, 1.807) is 0 Å². The van der Waals surface area contributed by atoms with Crippen molar-refractivity contribution in [1.29, 1.82) is 0 Å². The predicted octanol–water partition coefficient (Wildman–Crippen LogP) is 3.14. The minimum absolute atomic E-state index is 0.781. The highest BCUT2D eigenvalue weighted by atomic mass is 16.3. The van der Waals surface area contributed by atoms with Crippen LogP contribution in [-0.4, -0.2) is 0 Å². The molecule has 2 aromatic rings. The fourth-order valence-electron chi connectivity index (χ4n) is 1.94. The summed E-state index contributed by atoms with van der Waals surface area (Å²) >= 11 is 0. The maximum absolute atomic E-state index is 5.78. The molecule has 1 aromatic carbocycles. The second kappa shape index (κ2) is 3.02. The molecule has 0 amide bonds. The van der Waals surface area contributed by atoms with E-state index in [1.807, 2.05) is 36.4 Å². The van der Waals surface area contributed by atoms with E-state index in [0.29, 0.717) is 0 Å². The number of allylic oxidation sites excluding steroid dienone is 3. The highest BCUT2D eigenvalue weighted by Crippen LogP contribution is 2.30. The molecule has 0 atom stereocenters. The maximum Gasteiger partial charge on any atom is 0.135 e. The summed E-state index contributed by atoms with van der Waals surface area (Å²) in [6, 6.07) is 5.77. The molecule has 0 aliphatic heterocycles. The first-order chi connectivity index (χ1) is 7.34. The molecule has 0 bridgehead atoms. The molecule has 15 heavy (non-hydrogen) atoms. The van der Waals surface area contributed by atoms with Crippen LogP contribution in [0.15, 0.2) is 40.8 Å². The quantitative estimate of drug-likeness (QED) is 0.659. The van der Waals surface area contributed by atoms with Gasteiger partial charge in [-0.25, -0.2) is 0 Å². The van der Waals surface area contributed by atoms with Crippen LogP contribution in [-0.2, 0) is 6.42 Å². The van der Waals surface area contributed by atoms with Crippen molar-refractivity contribution in [2.75, 3.05) is 5.73 Å². The number of nitrogen functional groups attached to an aromatic ring is 1. The molecule has 0 spiro atoms. The van der Waals surface area contributed by atoms with Gasteiger partial charge in [0.1, 0.15) is 11.3 Å². The number of benzene rings is 1. The molecule has 1 heterocycles. The molecule has 2 nitrogen and oxygen atoms in total. The summed E-state index contributed by atoms with van der Waals surface area (Å²) in [4.78, 5) is 0. The Labute approximate surface area is 87.7 Å². The third kappa shape index (κ3) is 1.26. The molecule has 0 saturated carbocycles. The van der Waals surface area contributed by atoms with Crippen LogP contribution in [0.25, 0.3) is 17.0 Å². The monoisotopic (exact) mass is 197 g/mol. The van der Waals surface area contributed by atoms with Gasteiger partial charge in [0.05, 0.1) is 0 Å². The number of furan rings is 1. The minimum atomic E-state index is 0.781. The Kier molecular flexibility index (Phi) is 1.68. The van der Waals surface area contributed by atoms with Crippen molar-refractivity contribution < 1.29 is 4.42 Å². The van der Waals surface area contributed by atoms with Gasteiger partial charge in [-0.05, 0) is 30.7 Å². The summed E-state index contributed by atoms with van der Waals surface area (Å²) in [5, 5.41) is 1.13. The van der Waals surface area contributed by atoms with Gasteiger partial charge in [0, 0.05) is 16.6 Å². The SMILES string of the molecule is Nc1ccc2oc3c(c2c1)CC=CC=C3. The van der Waals surface area contributed by atoms with E-state index in [1.165, 1.54) is 5.56 Å². The lowest BCUT2D eigenvalue weighted by Gasteiger charge is -1.94. The summed E-state index contributed by atoms with van der Waals surface area (Å²) in [7, 11) is 0. The standard InChI is InChI=1S/C13H11NO/c14-9-6-7-13-11(8-9)10-4-2-1-3-5-12(10)15-13/h1-3,5-8H,4,14H2. The molecule has 2 heteroatoms. The summed E-state index contributed by atoms with van der Waals surface area (Å²) in [6.45, 7) is 0. The average molecular weight is 197 g/mol. The van der Waals surface area contributed by atoms with Crippen LogP contribution in [0, 0.1) is 0 Å². The Morgan fingerprint density at radius 2 is 2.13 bits per heavy atom. The van der Waals surface area contributed by atoms with Crippen molar-refractivity contribution in [3.8, 4) is 0 Å². The Morgan fingerprint density at radius 1 is 1.20 bits per heavy atom. The Balaban J connectivity index is 2.35. The smallest absolute Gasteiger partial charge is 0.135 e. The third-order valence-corrected chi connectivity index (χ3v) is 2.66. The lowest BCUT2D eigenvalue weighted by atomic mass is 10.1. The molecule has 74 valence electrons. The summed E-state index contributed by atoms with van der Waals surface area (Å²) < 4.78 is 5.74. The van der Waals surface area contributed by atoms with Crippen molar-refractivity contribution in [3.05, 3.63) is 47.8 Å². The van der Waals surface area contributed by atoms with Gasteiger partial charge in [-0.3, -0.25) is 0 Å². The molecule has 1 aliphatic carbocycles. The van der Waals surface area contributed by atoms with Crippen LogP contribution in [0.4, 0.5) is 5.69 Å². The van der Waals surface area contributed by atoms with Crippen molar-refractivity contribution in [3.63, 3.8) is 0 Å². The van der Waals surface area contributed by atoms with Crippen molar-refractivity contribution in [2.45, 2.75) is 6.42 Å². The van der Waals surface area contributed by atoms with E-state index in [2.05, 4.69) is 6.08 Å². The molecule has 0 unspecified atom stereocenters. The second-order valence-corrected chi connectivity index (χ2v) is 3.69. The number of rotatable bonds is 0. The average Bonchev–Trinajstić information content (AvgIpc) is 2.44. The number of hydrogen-bond acceptors (Lipinski definition) is 2. The van der Waals surface area contributed by atoms with Crippen molar-refractivity contribution >= 4 is 22.7 Å². The lowest BCUT2D eigenvalue weighted by molar-refractivity contribution is 0.600. The third-order valence-electron chi connectivity index (χ3n) is 2.66. The molecule has 2 N–H and O–H groups in total. The van der Waals surface area contributed by atoms with Crippen LogP contribution in [0.1, 0.15) is 11.3 Å². The number of nitrogens with two attached hydrogens (primary N) is 1. The lowest BCUT2D eigenvalue weighted by Crippen LogP contribution is -1.84. The highest BCUT2D eigenvalue weighted by Gasteiger charge is 2.11. The largest absolute Gasteiger partial charge is 0.456 e. The number of anilines is 1. The van der Waals surface area contributed by atoms with Crippen molar-refractivity contribution in [1.82, 2.24) is 0 Å². The first-order valence-corrected chi connectivity index (χ1v) is 4.99. The molecule has 3 rings (SSSR count). The Hall–Kier alpha value is -1.96. The van der Waals surface area contributed by atoms with Gasteiger partial charge < -0.3 is 10.2 Å². The first-order valence-electron chi connectivity index (χ1n) is 4.99. The van der Waals surface area contributed by atoms with Crippen LogP contribution >= 0.6 is 0 Å². The molecule has 1 aliphatic rings. The fraction of sp³-hybridized carbons (Fsp3) is 0.0769. The summed E-state index contributed by atoms with van der Waals surface area (Å²) in [6.07, 6.45) is 9.06.